The lowest BCUT2D eigenvalue weighted by molar-refractivity contribution is -0.384. The van der Waals surface area contributed by atoms with Crippen LogP contribution in [0.25, 0.3) is 11.0 Å². The second kappa shape index (κ2) is 8.81. The van der Waals surface area contributed by atoms with E-state index >= 15 is 0 Å². The van der Waals surface area contributed by atoms with Crippen LogP contribution in [0.2, 0.25) is 0 Å². The number of para-hydroxylation sites is 1. The van der Waals surface area contributed by atoms with Gasteiger partial charge in [0.2, 0.25) is 10.0 Å². The monoisotopic (exact) mass is 480 g/mol. The van der Waals surface area contributed by atoms with Crippen molar-refractivity contribution in [1.29, 1.82) is 0 Å². The van der Waals surface area contributed by atoms with Crippen molar-refractivity contribution in [1.82, 2.24) is 4.72 Å². The maximum Gasteiger partial charge on any atom is 0.269 e. The smallest absolute Gasteiger partial charge is 0.269 e. The Bertz CT molecular complexity index is 1450. The van der Waals surface area contributed by atoms with E-state index in [1.165, 1.54) is 30.3 Å². The van der Waals surface area contributed by atoms with Gasteiger partial charge in [0, 0.05) is 30.0 Å². The summed E-state index contributed by atoms with van der Waals surface area (Å²) in [5.41, 5.74) is 0.780. The highest BCUT2D eigenvalue weighted by Gasteiger charge is 2.28. The molecule has 0 radical (unpaired) electrons. The van der Waals surface area contributed by atoms with E-state index in [9.17, 15) is 18.5 Å². The van der Waals surface area contributed by atoms with Crippen LogP contribution in [-0.2, 0) is 10.0 Å². The zero-order chi connectivity index (χ0) is 23.7. The molecule has 9 nitrogen and oxygen atoms in total. The van der Waals surface area contributed by atoms with Gasteiger partial charge in [-0.2, -0.15) is 4.72 Å². The quantitative estimate of drug-likeness (QED) is 0.317. The number of furan rings is 1. The number of ether oxygens (including phenoxy) is 2. The minimum atomic E-state index is -4.09. The summed E-state index contributed by atoms with van der Waals surface area (Å²) >= 11 is 0. The molecular formula is C24H20N2O7S. The van der Waals surface area contributed by atoms with Crippen LogP contribution in [0.3, 0.4) is 0 Å². The third kappa shape index (κ3) is 4.33. The van der Waals surface area contributed by atoms with Gasteiger partial charge in [0.05, 0.1) is 23.0 Å². The molecule has 1 unspecified atom stereocenters. The van der Waals surface area contributed by atoms with Gasteiger partial charge in [0.25, 0.3) is 5.69 Å². The van der Waals surface area contributed by atoms with E-state index in [-0.39, 0.29) is 10.6 Å². The number of rotatable bonds is 6. The summed E-state index contributed by atoms with van der Waals surface area (Å²) in [7, 11) is -4.09. The normalized spacial score (nSPS) is 14.5. The average molecular weight is 480 g/mol. The van der Waals surface area contributed by atoms with Crippen molar-refractivity contribution in [3.63, 3.8) is 0 Å². The number of nitro groups is 1. The molecule has 34 heavy (non-hydrogen) atoms. The fourth-order valence-electron chi connectivity index (χ4n) is 3.79. The Morgan fingerprint density at radius 3 is 2.50 bits per heavy atom. The summed E-state index contributed by atoms with van der Waals surface area (Å²) in [5, 5.41) is 12.1. The molecule has 2 heterocycles. The van der Waals surface area contributed by atoms with Gasteiger partial charge in [-0.25, -0.2) is 8.42 Å². The van der Waals surface area contributed by atoms with Crippen molar-refractivity contribution in [3.05, 3.63) is 94.2 Å². The Hall–Kier alpha value is -3.89. The minimum Gasteiger partial charge on any atom is -0.490 e. The van der Waals surface area contributed by atoms with Crippen molar-refractivity contribution in [2.75, 3.05) is 13.2 Å². The largest absolute Gasteiger partial charge is 0.490 e. The van der Waals surface area contributed by atoms with E-state index in [4.69, 9.17) is 13.9 Å². The maximum absolute atomic E-state index is 13.4. The van der Waals surface area contributed by atoms with E-state index in [0.717, 1.165) is 5.39 Å². The average Bonchev–Trinajstić information content (AvgIpc) is 3.12. The van der Waals surface area contributed by atoms with E-state index < -0.39 is 21.0 Å². The number of sulfonamides is 1. The highest BCUT2D eigenvalue weighted by atomic mass is 32.2. The fraction of sp³-hybridized carbons (Fsp3) is 0.167. The van der Waals surface area contributed by atoms with Crippen LogP contribution < -0.4 is 14.2 Å². The van der Waals surface area contributed by atoms with E-state index in [2.05, 4.69) is 4.72 Å². The first-order valence-corrected chi connectivity index (χ1v) is 12.0. The van der Waals surface area contributed by atoms with Crippen LogP contribution in [0.1, 0.15) is 23.8 Å². The van der Waals surface area contributed by atoms with Gasteiger partial charge < -0.3 is 13.9 Å². The van der Waals surface area contributed by atoms with Crippen molar-refractivity contribution >= 4 is 26.7 Å². The first-order chi connectivity index (χ1) is 16.4. The Morgan fingerprint density at radius 2 is 1.71 bits per heavy atom. The predicted octanol–water partition coefficient (Wildman–Crippen LogP) is 4.57. The van der Waals surface area contributed by atoms with E-state index in [0.29, 0.717) is 48.0 Å². The van der Waals surface area contributed by atoms with Gasteiger partial charge in [-0.05, 0) is 29.8 Å². The summed E-state index contributed by atoms with van der Waals surface area (Å²) in [5.74, 6) is 1.12. The Kier molecular flexibility index (Phi) is 5.68. The first-order valence-electron chi connectivity index (χ1n) is 10.6. The van der Waals surface area contributed by atoms with Gasteiger partial charge in [-0.15, -0.1) is 0 Å². The molecule has 0 aliphatic carbocycles. The van der Waals surface area contributed by atoms with Crippen LogP contribution in [-0.4, -0.2) is 26.6 Å². The third-order valence-electron chi connectivity index (χ3n) is 5.45. The first kappa shape index (κ1) is 21.9. The van der Waals surface area contributed by atoms with E-state index in [1.807, 2.05) is 12.1 Å². The zero-order valence-electron chi connectivity index (χ0n) is 17.8. The molecule has 5 rings (SSSR count). The number of non-ortho nitro benzene ring substituents is 1. The fourth-order valence-corrected chi connectivity index (χ4v) is 4.99. The highest BCUT2D eigenvalue weighted by Crippen LogP contribution is 2.34. The van der Waals surface area contributed by atoms with Crippen LogP contribution in [0.15, 0.2) is 82.1 Å². The number of nitro benzene ring substituents is 1. The molecule has 1 atom stereocenters. The number of nitrogens with one attached hydrogen (secondary N) is 1. The molecule has 1 aromatic heterocycles. The molecule has 1 aliphatic heterocycles. The van der Waals surface area contributed by atoms with Gasteiger partial charge >= 0.3 is 0 Å². The summed E-state index contributed by atoms with van der Waals surface area (Å²) in [4.78, 5) is 10.8. The summed E-state index contributed by atoms with van der Waals surface area (Å²) in [6.45, 7) is 0.900. The molecule has 4 aromatic rings. The van der Waals surface area contributed by atoms with Gasteiger partial charge in [0.1, 0.15) is 17.4 Å². The number of hydrogen-bond acceptors (Lipinski definition) is 7. The second-order valence-corrected chi connectivity index (χ2v) is 9.47. The van der Waals surface area contributed by atoms with Crippen LogP contribution in [0, 0.1) is 10.1 Å². The number of nitrogens with zero attached hydrogens (tertiary/aromatic N) is 1. The molecular weight excluding hydrogens is 460 g/mol. The SMILES string of the molecule is O=[N+]([O-])c1cccc(C(NS(=O)(=O)c2ccc3c(c2)OCCCO3)c2cc3ccccc3o2)c1. The van der Waals surface area contributed by atoms with E-state index in [1.54, 1.807) is 30.3 Å². The molecule has 10 heteroatoms. The minimum absolute atomic E-state index is 0.0247. The summed E-state index contributed by atoms with van der Waals surface area (Å²) in [6, 6.07) is 18.1. The van der Waals surface area contributed by atoms with Gasteiger partial charge in [-0.1, -0.05) is 30.3 Å². The summed E-state index contributed by atoms with van der Waals surface area (Å²) < 4.78 is 46.6. The molecule has 0 amide bonds. The number of fused-ring (bicyclic) bond motifs is 2. The van der Waals surface area contributed by atoms with Crippen molar-refractivity contribution < 1.29 is 27.2 Å². The van der Waals surface area contributed by atoms with Crippen molar-refractivity contribution in [2.45, 2.75) is 17.4 Å². The molecule has 1 aliphatic rings. The highest BCUT2D eigenvalue weighted by molar-refractivity contribution is 7.89. The molecule has 0 saturated carbocycles. The predicted molar refractivity (Wildman–Crippen MR) is 124 cm³/mol. The molecule has 0 spiro atoms. The lowest BCUT2D eigenvalue weighted by atomic mass is 10.0. The molecule has 174 valence electrons. The molecule has 0 bridgehead atoms. The molecule has 0 saturated heterocycles. The Labute approximate surface area is 195 Å². The lowest BCUT2D eigenvalue weighted by Gasteiger charge is -2.18. The standard InChI is InChI=1S/C24H20N2O7S/c27-26(28)18-7-3-6-17(13-18)24(23-14-16-5-1-2-8-20(16)33-23)25-34(29,30)19-9-10-21-22(15-19)32-12-4-11-31-21/h1-3,5-10,13-15,24-25H,4,11-12H2. The topological polar surface area (TPSA) is 121 Å². The zero-order valence-corrected chi connectivity index (χ0v) is 18.7. The van der Waals surface area contributed by atoms with Crippen LogP contribution in [0.4, 0.5) is 5.69 Å². The Morgan fingerprint density at radius 1 is 0.912 bits per heavy atom. The molecule has 3 aromatic carbocycles. The Balaban J connectivity index is 1.57. The van der Waals surface area contributed by atoms with Crippen LogP contribution >= 0.6 is 0 Å². The molecule has 0 fully saturated rings. The summed E-state index contributed by atoms with van der Waals surface area (Å²) in [6.07, 6.45) is 0.690. The van der Waals surface area contributed by atoms with Gasteiger partial charge in [0.15, 0.2) is 11.5 Å². The third-order valence-corrected chi connectivity index (χ3v) is 6.87. The number of hydrogen-bond donors (Lipinski definition) is 1. The molecule has 1 N–H and O–H groups in total. The second-order valence-electron chi connectivity index (χ2n) is 7.75. The van der Waals surface area contributed by atoms with Crippen molar-refractivity contribution in [2.24, 2.45) is 0 Å². The maximum atomic E-state index is 13.4. The lowest BCUT2D eigenvalue weighted by Crippen LogP contribution is -2.29. The van der Waals surface area contributed by atoms with Gasteiger partial charge in [-0.3, -0.25) is 10.1 Å². The van der Waals surface area contributed by atoms with Crippen LogP contribution in [0.5, 0.6) is 11.5 Å². The number of benzene rings is 3. The van der Waals surface area contributed by atoms with Crippen molar-refractivity contribution in [3.8, 4) is 11.5 Å².